The normalized spacial score (nSPS) is 39.3. The first-order valence-corrected chi connectivity index (χ1v) is 11.6. The van der Waals surface area contributed by atoms with Crippen molar-refractivity contribution in [3.8, 4) is 0 Å². The van der Waals surface area contributed by atoms with E-state index < -0.39 is 0 Å². The molecule has 2 nitrogen and oxygen atoms in total. The first-order chi connectivity index (χ1) is 9.38. The van der Waals surface area contributed by atoms with Crippen molar-refractivity contribution in [3.05, 3.63) is 0 Å². The second-order valence-electron chi connectivity index (χ2n) is 7.31. The summed E-state index contributed by atoms with van der Waals surface area (Å²) in [7, 11) is 5.13. The fourth-order valence-electron chi connectivity index (χ4n) is 4.35. The minimum Gasteiger partial charge on any atom is -0.305 e. The fraction of sp³-hybridized carbons (Fsp3) is 1.00. The van der Waals surface area contributed by atoms with Crippen molar-refractivity contribution in [2.45, 2.75) is 50.3 Å². The van der Waals surface area contributed by atoms with E-state index in [1.807, 2.05) is 0 Å². The molecule has 0 saturated carbocycles. The molecule has 0 aliphatic carbocycles. The average molecular weight is 316 g/mol. The number of rotatable bonds is 3. The highest BCUT2D eigenvalue weighted by atomic mass is 31.1. The molecule has 118 valence electrons. The van der Waals surface area contributed by atoms with Gasteiger partial charge in [-0.15, -0.1) is 0 Å². The van der Waals surface area contributed by atoms with Crippen molar-refractivity contribution in [2.24, 2.45) is 0 Å². The van der Waals surface area contributed by atoms with Gasteiger partial charge in [0.15, 0.2) is 0 Å². The van der Waals surface area contributed by atoms with E-state index in [2.05, 4.69) is 51.6 Å². The Morgan fingerprint density at radius 3 is 1.15 bits per heavy atom. The van der Waals surface area contributed by atoms with Crippen molar-refractivity contribution < 1.29 is 0 Å². The Balaban J connectivity index is 1.87. The zero-order valence-corrected chi connectivity index (χ0v) is 16.1. The lowest BCUT2D eigenvalue weighted by Gasteiger charge is -2.44. The molecule has 2 aliphatic rings. The summed E-state index contributed by atoms with van der Waals surface area (Å²) in [6, 6.07) is 0. The highest BCUT2D eigenvalue weighted by Gasteiger charge is 2.33. The third-order valence-corrected chi connectivity index (χ3v) is 12.2. The number of hydrogen-bond acceptors (Lipinski definition) is 2. The predicted molar refractivity (Wildman–Crippen MR) is 96.4 cm³/mol. The molecule has 2 rings (SSSR count). The van der Waals surface area contributed by atoms with Gasteiger partial charge in [-0.1, -0.05) is 43.5 Å². The first-order valence-electron chi connectivity index (χ1n) is 8.27. The summed E-state index contributed by atoms with van der Waals surface area (Å²) in [5, 5.41) is 0. The van der Waals surface area contributed by atoms with Crippen LogP contribution in [0.25, 0.3) is 0 Å². The molecular formula is C16H34N2P2. The second-order valence-corrected chi connectivity index (χ2v) is 13.8. The van der Waals surface area contributed by atoms with Crippen LogP contribution in [0, 0.1) is 0 Å². The minimum absolute atomic E-state index is 0.266. The van der Waals surface area contributed by atoms with Gasteiger partial charge < -0.3 is 9.80 Å². The Morgan fingerprint density at radius 2 is 0.900 bits per heavy atom. The van der Waals surface area contributed by atoms with Gasteiger partial charge in [0.05, 0.1) is 0 Å². The molecule has 0 unspecified atom stereocenters. The molecule has 2 heterocycles. The summed E-state index contributed by atoms with van der Waals surface area (Å²) in [4.78, 5) is 5.08. The smallest absolute Gasteiger partial charge is 0.00437 e. The van der Waals surface area contributed by atoms with E-state index in [1.54, 1.807) is 12.3 Å². The van der Waals surface area contributed by atoms with Crippen molar-refractivity contribution in [1.29, 1.82) is 0 Å². The van der Waals surface area contributed by atoms with Crippen LogP contribution in [0.2, 0.25) is 0 Å². The highest BCUT2D eigenvalue weighted by molar-refractivity contribution is 7.63. The molecule has 20 heavy (non-hydrogen) atoms. The lowest BCUT2D eigenvalue weighted by molar-refractivity contribution is 0.323. The van der Waals surface area contributed by atoms with Gasteiger partial charge in [0.2, 0.25) is 0 Å². The molecule has 0 aromatic heterocycles. The van der Waals surface area contributed by atoms with Crippen LogP contribution in [0.4, 0.5) is 0 Å². The quantitative estimate of drug-likeness (QED) is 0.736. The van der Waals surface area contributed by atoms with Crippen LogP contribution in [0.3, 0.4) is 0 Å². The summed E-state index contributed by atoms with van der Waals surface area (Å²) < 4.78 is 0. The molecule has 0 aromatic rings. The predicted octanol–water partition coefficient (Wildman–Crippen LogP) is 3.40. The van der Waals surface area contributed by atoms with Crippen molar-refractivity contribution >= 4 is 15.8 Å². The molecule has 0 amide bonds. The minimum atomic E-state index is 0.266. The Bertz CT molecular complexity index is 259. The zero-order valence-electron chi connectivity index (χ0n) is 14.3. The van der Waals surface area contributed by atoms with E-state index in [-0.39, 0.29) is 15.8 Å². The lowest BCUT2D eigenvalue weighted by Crippen LogP contribution is -2.41. The molecular weight excluding hydrogens is 282 g/mol. The number of nitrogens with zero attached hydrogens (tertiary/aromatic N) is 2. The van der Waals surface area contributed by atoms with Gasteiger partial charge in [0.1, 0.15) is 0 Å². The molecule has 2 saturated heterocycles. The van der Waals surface area contributed by atoms with Crippen LogP contribution in [0.15, 0.2) is 0 Å². The van der Waals surface area contributed by atoms with E-state index in [1.165, 1.54) is 26.2 Å². The summed E-state index contributed by atoms with van der Waals surface area (Å²) >= 11 is 0. The van der Waals surface area contributed by atoms with Crippen molar-refractivity contribution in [1.82, 2.24) is 9.80 Å². The Kier molecular flexibility index (Phi) is 6.31. The van der Waals surface area contributed by atoms with Gasteiger partial charge in [0, 0.05) is 26.2 Å². The van der Waals surface area contributed by atoms with Gasteiger partial charge in [-0.3, -0.25) is 0 Å². The molecule has 4 heteroatoms. The van der Waals surface area contributed by atoms with Gasteiger partial charge in [-0.25, -0.2) is 0 Å². The van der Waals surface area contributed by atoms with E-state index in [0.717, 1.165) is 22.6 Å². The van der Waals surface area contributed by atoms with E-state index in [4.69, 9.17) is 0 Å². The Hall–Kier alpha value is 0.780. The van der Waals surface area contributed by atoms with Crippen LogP contribution in [-0.4, -0.2) is 85.0 Å². The van der Waals surface area contributed by atoms with Crippen LogP contribution in [-0.2, 0) is 0 Å². The third kappa shape index (κ3) is 4.16. The molecule has 0 bridgehead atoms. The Morgan fingerprint density at radius 1 is 0.650 bits per heavy atom. The largest absolute Gasteiger partial charge is 0.305 e. The average Bonchev–Trinajstić information content (AvgIpc) is 2.30. The standard InChI is InChI=1S/C16H34N2P2/c1-13-9-17(5)10-14(2)19(13)7-8-20-15(3)11-18(6)12-16(20)4/h13-16H,7-12H2,1-6H3/t13-,14-,15-,16-/m1/s1. The van der Waals surface area contributed by atoms with Gasteiger partial charge in [0.25, 0.3) is 0 Å². The molecule has 0 radical (unpaired) electrons. The summed E-state index contributed by atoms with van der Waals surface area (Å²) in [6.07, 6.45) is 3.10. The van der Waals surface area contributed by atoms with Crippen molar-refractivity contribution in [2.75, 3.05) is 52.6 Å². The van der Waals surface area contributed by atoms with Crippen LogP contribution in [0.5, 0.6) is 0 Å². The third-order valence-electron chi connectivity index (χ3n) is 5.18. The van der Waals surface area contributed by atoms with Crippen LogP contribution in [0.1, 0.15) is 27.7 Å². The SMILES string of the molecule is C[C@@H]1CN(C)C[C@@H](C)P1CCP1[C@H](C)CN(C)C[C@H]1C. The molecule has 0 spiro atoms. The van der Waals surface area contributed by atoms with Gasteiger partial charge in [-0.2, -0.15) is 0 Å². The van der Waals surface area contributed by atoms with Crippen LogP contribution >= 0.6 is 15.8 Å². The molecule has 2 aliphatic heterocycles. The monoisotopic (exact) mass is 316 g/mol. The molecule has 0 N–H and O–H groups in total. The first kappa shape index (κ1) is 17.1. The van der Waals surface area contributed by atoms with Gasteiger partial charge >= 0.3 is 0 Å². The maximum Gasteiger partial charge on any atom is 0.00437 e. The van der Waals surface area contributed by atoms with E-state index >= 15 is 0 Å². The van der Waals surface area contributed by atoms with E-state index in [0.29, 0.717) is 0 Å². The zero-order chi connectivity index (χ0) is 14.9. The summed E-state index contributed by atoms with van der Waals surface area (Å²) in [6.45, 7) is 15.4. The maximum absolute atomic E-state index is 2.54. The van der Waals surface area contributed by atoms with Crippen LogP contribution < -0.4 is 0 Å². The fourth-order valence-corrected chi connectivity index (χ4v) is 11.7. The highest BCUT2D eigenvalue weighted by Crippen LogP contribution is 2.55. The molecule has 0 aromatic carbocycles. The summed E-state index contributed by atoms with van der Waals surface area (Å²) in [5.74, 6) is 0. The van der Waals surface area contributed by atoms with Gasteiger partial charge in [-0.05, 0) is 49.1 Å². The number of hydrogen-bond donors (Lipinski definition) is 0. The maximum atomic E-state index is 2.54. The van der Waals surface area contributed by atoms with Crippen molar-refractivity contribution in [3.63, 3.8) is 0 Å². The second kappa shape index (κ2) is 7.36. The Labute approximate surface area is 129 Å². The molecule has 4 atom stereocenters. The lowest BCUT2D eigenvalue weighted by atomic mass is 10.3. The summed E-state index contributed by atoms with van der Waals surface area (Å²) in [5.41, 5.74) is 3.80. The van der Waals surface area contributed by atoms with E-state index in [9.17, 15) is 0 Å². The molecule has 2 fully saturated rings. The topological polar surface area (TPSA) is 6.48 Å².